The van der Waals surface area contributed by atoms with E-state index < -0.39 is 11.0 Å². The van der Waals surface area contributed by atoms with Crippen LogP contribution in [0.5, 0.6) is 11.5 Å². The van der Waals surface area contributed by atoms with E-state index in [-0.39, 0.29) is 11.7 Å². The van der Waals surface area contributed by atoms with Gasteiger partial charge in [-0.3, -0.25) is 10.1 Å². The zero-order valence-electron chi connectivity index (χ0n) is 15.5. The minimum absolute atomic E-state index is 0.000978. The van der Waals surface area contributed by atoms with E-state index >= 15 is 0 Å². The van der Waals surface area contributed by atoms with Crippen molar-refractivity contribution in [2.75, 3.05) is 27.7 Å². The normalized spacial score (nSPS) is 11.5. The lowest BCUT2D eigenvalue weighted by atomic mass is 10.0. The summed E-state index contributed by atoms with van der Waals surface area (Å²) in [4.78, 5) is 23.3. The topological polar surface area (TPSA) is 93.9 Å². The zero-order valence-corrected chi connectivity index (χ0v) is 15.5. The molecule has 2 rings (SSSR count). The van der Waals surface area contributed by atoms with Gasteiger partial charge >= 0.3 is 6.09 Å². The van der Waals surface area contributed by atoms with Gasteiger partial charge in [-0.15, -0.1) is 0 Å². The van der Waals surface area contributed by atoms with Gasteiger partial charge in [-0.2, -0.15) is 0 Å². The van der Waals surface area contributed by atoms with Gasteiger partial charge in [-0.05, 0) is 36.9 Å². The van der Waals surface area contributed by atoms with Gasteiger partial charge in [0, 0.05) is 38.7 Å². The summed E-state index contributed by atoms with van der Waals surface area (Å²) in [6, 6.07) is 13.3. The second kappa shape index (κ2) is 9.54. The van der Waals surface area contributed by atoms with E-state index in [0.717, 1.165) is 5.56 Å². The number of hydrogen-bond donors (Lipinski definition) is 1. The van der Waals surface area contributed by atoms with Gasteiger partial charge in [0.1, 0.15) is 11.5 Å². The summed E-state index contributed by atoms with van der Waals surface area (Å²) in [5.41, 5.74) is 0.994. The summed E-state index contributed by atoms with van der Waals surface area (Å²) in [7, 11) is 5.09. The fourth-order valence-corrected chi connectivity index (χ4v) is 2.42. The molecule has 1 N–H and O–H groups in total. The molecule has 0 aromatic heterocycles. The number of non-ortho nitro benzene ring substituents is 1. The number of carbonyl (C=O) groups excluding carboxylic acids is 1. The van der Waals surface area contributed by atoms with E-state index in [0.29, 0.717) is 24.5 Å². The Labute approximate surface area is 157 Å². The van der Waals surface area contributed by atoms with E-state index in [4.69, 9.17) is 9.47 Å². The number of ether oxygens (including phenoxy) is 2. The minimum atomic E-state index is -0.448. The molecule has 0 radical (unpaired) electrons. The number of nitro groups is 1. The van der Waals surface area contributed by atoms with Crippen LogP contribution in [0.25, 0.3) is 0 Å². The fourth-order valence-electron chi connectivity index (χ4n) is 2.42. The molecular formula is C19H23N3O5. The molecule has 2 aromatic carbocycles. The second-order valence-corrected chi connectivity index (χ2v) is 6.06. The maximum atomic E-state index is 11.7. The maximum absolute atomic E-state index is 11.7. The minimum Gasteiger partial charge on any atom is -0.494 e. The largest absolute Gasteiger partial charge is 0.494 e. The van der Waals surface area contributed by atoms with E-state index in [9.17, 15) is 14.9 Å². The highest BCUT2D eigenvalue weighted by Gasteiger charge is 2.13. The van der Waals surface area contributed by atoms with Gasteiger partial charge in [0.15, 0.2) is 0 Å². The SMILES string of the molecule is CN[C@@H](CCOc1ccc([N+](=O)[O-])cc1)c1cccc(OC(=O)N(C)C)c1. The van der Waals surface area contributed by atoms with Crippen LogP contribution in [-0.4, -0.2) is 43.7 Å². The molecule has 0 aliphatic heterocycles. The van der Waals surface area contributed by atoms with Crippen LogP contribution in [0.3, 0.4) is 0 Å². The number of nitro benzene ring substituents is 1. The Bertz CT molecular complexity index is 777. The molecule has 8 heteroatoms. The highest BCUT2D eigenvalue weighted by atomic mass is 16.6. The van der Waals surface area contributed by atoms with Gasteiger partial charge in [0.25, 0.3) is 5.69 Å². The lowest BCUT2D eigenvalue weighted by Gasteiger charge is -2.18. The number of amides is 1. The number of hydrogen-bond acceptors (Lipinski definition) is 6. The molecule has 2 aromatic rings. The monoisotopic (exact) mass is 373 g/mol. The Kier molecular flexibility index (Phi) is 7.13. The highest BCUT2D eigenvalue weighted by molar-refractivity contribution is 5.70. The first-order valence-electron chi connectivity index (χ1n) is 8.44. The standard InChI is InChI=1S/C19H23N3O5/c1-20-18(11-12-26-16-9-7-15(8-10-16)22(24)25)14-5-4-6-17(13-14)27-19(23)21(2)3/h4-10,13,18,20H,11-12H2,1-3H3/t18-/m0/s1. The van der Waals surface area contributed by atoms with Crippen molar-refractivity contribution in [2.45, 2.75) is 12.5 Å². The van der Waals surface area contributed by atoms with Crippen molar-refractivity contribution >= 4 is 11.8 Å². The average Bonchev–Trinajstić information content (AvgIpc) is 2.65. The number of nitrogens with zero attached hydrogens (tertiary/aromatic N) is 2. The number of nitrogens with one attached hydrogen (secondary N) is 1. The van der Waals surface area contributed by atoms with E-state index in [1.54, 1.807) is 32.3 Å². The first-order chi connectivity index (χ1) is 12.9. The molecule has 144 valence electrons. The average molecular weight is 373 g/mol. The van der Waals surface area contributed by atoms with E-state index in [1.165, 1.54) is 17.0 Å². The molecule has 0 aliphatic rings. The quantitative estimate of drug-likeness (QED) is 0.563. The maximum Gasteiger partial charge on any atom is 0.414 e. The summed E-state index contributed by atoms with van der Waals surface area (Å²) in [5, 5.41) is 13.9. The zero-order chi connectivity index (χ0) is 19.8. The smallest absolute Gasteiger partial charge is 0.414 e. The Balaban J connectivity index is 1.94. The van der Waals surface area contributed by atoms with Crippen LogP contribution in [0.2, 0.25) is 0 Å². The lowest BCUT2D eigenvalue weighted by molar-refractivity contribution is -0.384. The van der Waals surface area contributed by atoms with Gasteiger partial charge in [-0.1, -0.05) is 12.1 Å². The van der Waals surface area contributed by atoms with Gasteiger partial charge < -0.3 is 19.7 Å². The van der Waals surface area contributed by atoms with Crippen LogP contribution in [0.1, 0.15) is 18.0 Å². The molecule has 0 aliphatic carbocycles. The fraction of sp³-hybridized carbons (Fsp3) is 0.316. The summed E-state index contributed by atoms with van der Waals surface area (Å²) in [6.45, 7) is 0.422. The van der Waals surface area contributed by atoms with Crippen LogP contribution in [0.15, 0.2) is 48.5 Å². The van der Waals surface area contributed by atoms with Crippen LogP contribution < -0.4 is 14.8 Å². The molecule has 0 fully saturated rings. The molecule has 0 spiro atoms. The molecule has 1 amide bonds. The van der Waals surface area contributed by atoms with Crippen LogP contribution in [-0.2, 0) is 0 Å². The summed E-state index contributed by atoms with van der Waals surface area (Å²) >= 11 is 0. The lowest BCUT2D eigenvalue weighted by Crippen LogP contribution is -2.25. The van der Waals surface area contributed by atoms with Crippen molar-refractivity contribution in [3.8, 4) is 11.5 Å². The van der Waals surface area contributed by atoms with Crippen molar-refractivity contribution in [3.05, 3.63) is 64.2 Å². The molecule has 0 unspecified atom stereocenters. The first kappa shape index (κ1) is 20.2. The summed E-state index contributed by atoms with van der Waals surface area (Å²) < 4.78 is 11.0. The summed E-state index contributed by atoms with van der Waals surface area (Å²) in [5.74, 6) is 1.05. The predicted octanol–water partition coefficient (Wildman–Crippen LogP) is 3.38. The van der Waals surface area contributed by atoms with Crippen molar-refractivity contribution < 1.29 is 19.2 Å². The Morgan fingerprint density at radius 2 is 1.89 bits per heavy atom. The molecule has 0 saturated heterocycles. The number of benzene rings is 2. The van der Waals surface area contributed by atoms with Crippen molar-refractivity contribution in [1.82, 2.24) is 10.2 Å². The molecule has 1 atom stereocenters. The van der Waals surface area contributed by atoms with Crippen molar-refractivity contribution in [3.63, 3.8) is 0 Å². The van der Waals surface area contributed by atoms with Crippen LogP contribution >= 0.6 is 0 Å². The number of carbonyl (C=O) groups is 1. The third-order valence-corrected chi connectivity index (χ3v) is 3.90. The molecule has 0 bridgehead atoms. The van der Waals surface area contributed by atoms with Gasteiger partial charge in [-0.25, -0.2) is 4.79 Å². The second-order valence-electron chi connectivity index (χ2n) is 6.06. The summed E-state index contributed by atoms with van der Waals surface area (Å²) in [6.07, 6.45) is 0.230. The van der Waals surface area contributed by atoms with E-state index in [1.807, 2.05) is 25.2 Å². The van der Waals surface area contributed by atoms with Gasteiger partial charge in [0.2, 0.25) is 0 Å². The molecule has 0 heterocycles. The van der Waals surface area contributed by atoms with Crippen molar-refractivity contribution in [1.29, 1.82) is 0 Å². The molecular weight excluding hydrogens is 350 g/mol. The van der Waals surface area contributed by atoms with Crippen molar-refractivity contribution in [2.24, 2.45) is 0 Å². The third kappa shape index (κ3) is 5.96. The first-order valence-corrected chi connectivity index (χ1v) is 8.44. The molecule has 0 saturated carbocycles. The van der Waals surface area contributed by atoms with Gasteiger partial charge in [0.05, 0.1) is 11.5 Å². The molecule has 27 heavy (non-hydrogen) atoms. The number of rotatable bonds is 8. The predicted molar refractivity (Wildman–Crippen MR) is 101 cm³/mol. The highest BCUT2D eigenvalue weighted by Crippen LogP contribution is 2.23. The van der Waals surface area contributed by atoms with E-state index in [2.05, 4.69) is 5.32 Å². The van der Waals surface area contributed by atoms with Crippen LogP contribution in [0, 0.1) is 10.1 Å². The Morgan fingerprint density at radius 3 is 2.48 bits per heavy atom. The van der Waals surface area contributed by atoms with Crippen LogP contribution in [0.4, 0.5) is 10.5 Å². The molecule has 8 nitrogen and oxygen atoms in total. The Hall–Kier alpha value is -3.13. The Morgan fingerprint density at radius 1 is 1.19 bits per heavy atom. The third-order valence-electron chi connectivity index (χ3n) is 3.90.